The second kappa shape index (κ2) is 6.92. The van der Waals surface area contributed by atoms with Crippen molar-refractivity contribution < 1.29 is 14.7 Å². The average molecular weight is 397 g/mol. The molecule has 1 aliphatic carbocycles. The molecule has 0 unspecified atom stereocenters. The van der Waals surface area contributed by atoms with E-state index in [-0.39, 0.29) is 17.6 Å². The Balaban J connectivity index is 1.71. The lowest BCUT2D eigenvalue weighted by Crippen LogP contribution is -2.44. The van der Waals surface area contributed by atoms with Crippen LogP contribution in [0.1, 0.15) is 39.4 Å². The van der Waals surface area contributed by atoms with Crippen molar-refractivity contribution in [2.45, 2.75) is 24.9 Å². The third-order valence-corrected chi connectivity index (χ3v) is 6.68. The van der Waals surface area contributed by atoms with Crippen molar-refractivity contribution >= 4 is 17.4 Å². The van der Waals surface area contributed by atoms with Crippen LogP contribution in [0.4, 0.5) is 5.69 Å². The van der Waals surface area contributed by atoms with Crippen molar-refractivity contribution in [3.8, 4) is 0 Å². The monoisotopic (exact) mass is 397 g/mol. The predicted octanol–water partition coefficient (Wildman–Crippen LogP) is 4.44. The fourth-order valence-corrected chi connectivity index (χ4v) is 5.23. The quantitative estimate of drug-likeness (QED) is 0.672. The molecule has 2 N–H and O–H groups in total. The van der Waals surface area contributed by atoms with E-state index in [0.29, 0.717) is 23.2 Å². The predicted molar refractivity (Wildman–Crippen MR) is 115 cm³/mol. The Morgan fingerprint density at radius 2 is 1.57 bits per heavy atom. The zero-order valence-electron chi connectivity index (χ0n) is 16.7. The zero-order chi connectivity index (χ0) is 20.9. The summed E-state index contributed by atoms with van der Waals surface area (Å²) in [5, 5.41) is 15.2. The Morgan fingerprint density at radius 3 is 2.30 bits per heavy atom. The molecule has 0 aromatic heterocycles. The molecule has 1 fully saturated rings. The van der Waals surface area contributed by atoms with Crippen LogP contribution < -0.4 is 5.32 Å². The minimum Gasteiger partial charge on any atom is -0.384 e. The molecule has 3 aromatic carbocycles. The zero-order valence-corrected chi connectivity index (χ0v) is 16.7. The number of rotatable bonds is 2. The van der Waals surface area contributed by atoms with E-state index in [9.17, 15) is 14.7 Å². The SMILES string of the molecule is Cc1ccc([C@@]2(O)[C@H](c3ccccc3)C[C@H]3C(=O)c4ccccc4NC(=O)[C@@H]32)cc1. The Hall–Kier alpha value is -3.24. The number of hydrogen-bond donors (Lipinski definition) is 2. The number of para-hydroxylation sites is 1. The molecule has 4 heteroatoms. The second-order valence-corrected chi connectivity index (χ2v) is 8.37. The number of benzene rings is 3. The fraction of sp³-hybridized carbons (Fsp3) is 0.231. The average Bonchev–Trinajstić information content (AvgIpc) is 3.03. The molecule has 1 heterocycles. The van der Waals surface area contributed by atoms with Crippen molar-refractivity contribution in [3.05, 3.63) is 101 Å². The summed E-state index contributed by atoms with van der Waals surface area (Å²) < 4.78 is 0. The number of aliphatic hydroxyl groups is 1. The largest absolute Gasteiger partial charge is 0.384 e. The molecule has 0 bridgehead atoms. The number of Topliss-reactive ketones (excluding diaryl/α,β-unsaturated/α-hetero) is 1. The molecular formula is C26H23NO3. The number of carbonyl (C=O) groups excluding carboxylic acids is 2. The van der Waals surface area contributed by atoms with Gasteiger partial charge in [-0.25, -0.2) is 0 Å². The molecule has 1 saturated carbocycles. The highest BCUT2D eigenvalue weighted by atomic mass is 16.3. The molecule has 4 nitrogen and oxygen atoms in total. The topological polar surface area (TPSA) is 66.4 Å². The van der Waals surface area contributed by atoms with Crippen LogP contribution >= 0.6 is 0 Å². The maximum Gasteiger partial charge on any atom is 0.231 e. The summed E-state index contributed by atoms with van der Waals surface area (Å²) in [4.78, 5) is 26.9. The van der Waals surface area contributed by atoms with Crippen molar-refractivity contribution in [3.63, 3.8) is 0 Å². The van der Waals surface area contributed by atoms with Crippen LogP contribution in [0.5, 0.6) is 0 Å². The minimum atomic E-state index is -1.48. The Bertz CT molecular complexity index is 1120. The van der Waals surface area contributed by atoms with Crippen molar-refractivity contribution in [1.82, 2.24) is 0 Å². The molecule has 0 spiro atoms. The van der Waals surface area contributed by atoms with Gasteiger partial charge in [0.2, 0.25) is 5.91 Å². The third kappa shape index (κ3) is 2.71. The first-order chi connectivity index (χ1) is 14.5. The summed E-state index contributed by atoms with van der Waals surface area (Å²) in [5.41, 5.74) is 2.22. The van der Waals surface area contributed by atoms with Gasteiger partial charge in [-0.1, -0.05) is 72.3 Å². The number of fused-ring (bicyclic) bond motifs is 2. The normalized spacial score (nSPS) is 27.7. The minimum absolute atomic E-state index is 0.0853. The van der Waals surface area contributed by atoms with Crippen LogP contribution in [0.2, 0.25) is 0 Å². The van der Waals surface area contributed by atoms with Crippen LogP contribution in [-0.2, 0) is 10.4 Å². The van der Waals surface area contributed by atoms with E-state index in [2.05, 4.69) is 5.32 Å². The van der Waals surface area contributed by atoms with E-state index in [4.69, 9.17) is 0 Å². The number of carbonyl (C=O) groups is 2. The lowest BCUT2D eigenvalue weighted by Gasteiger charge is -2.36. The van der Waals surface area contributed by atoms with Gasteiger partial charge >= 0.3 is 0 Å². The highest BCUT2D eigenvalue weighted by Crippen LogP contribution is 2.57. The van der Waals surface area contributed by atoms with Gasteiger partial charge in [-0.05, 0) is 36.6 Å². The second-order valence-electron chi connectivity index (χ2n) is 8.37. The van der Waals surface area contributed by atoms with Crippen LogP contribution in [0.3, 0.4) is 0 Å². The summed E-state index contributed by atoms with van der Waals surface area (Å²) >= 11 is 0. The summed E-state index contributed by atoms with van der Waals surface area (Å²) in [7, 11) is 0. The lowest BCUT2D eigenvalue weighted by atomic mass is 9.73. The maximum absolute atomic E-state index is 13.5. The Kier molecular flexibility index (Phi) is 4.33. The summed E-state index contributed by atoms with van der Waals surface area (Å²) in [6.45, 7) is 1.98. The van der Waals surface area contributed by atoms with Gasteiger partial charge in [0.15, 0.2) is 5.78 Å². The number of anilines is 1. The van der Waals surface area contributed by atoms with Crippen molar-refractivity contribution in [2.24, 2.45) is 11.8 Å². The lowest BCUT2D eigenvalue weighted by molar-refractivity contribution is -0.130. The van der Waals surface area contributed by atoms with Gasteiger partial charge in [-0.15, -0.1) is 0 Å². The van der Waals surface area contributed by atoms with E-state index in [1.54, 1.807) is 24.3 Å². The number of nitrogens with one attached hydrogen (secondary N) is 1. The van der Waals surface area contributed by atoms with E-state index < -0.39 is 17.4 Å². The molecule has 1 amide bonds. The first kappa shape index (κ1) is 18.8. The molecule has 5 rings (SSSR count). The van der Waals surface area contributed by atoms with Gasteiger partial charge in [0.1, 0.15) is 5.60 Å². The van der Waals surface area contributed by atoms with Gasteiger partial charge in [0.25, 0.3) is 0 Å². The van der Waals surface area contributed by atoms with Gasteiger partial charge in [-0.3, -0.25) is 9.59 Å². The molecule has 2 aliphatic rings. The maximum atomic E-state index is 13.5. The number of hydrogen-bond acceptors (Lipinski definition) is 3. The van der Waals surface area contributed by atoms with Gasteiger partial charge in [0.05, 0.1) is 11.6 Å². The van der Waals surface area contributed by atoms with Gasteiger partial charge in [-0.2, -0.15) is 0 Å². The Labute approximate surface area is 175 Å². The van der Waals surface area contributed by atoms with Crippen molar-refractivity contribution in [2.75, 3.05) is 5.32 Å². The summed E-state index contributed by atoms with van der Waals surface area (Å²) in [6.07, 6.45) is 0.416. The summed E-state index contributed by atoms with van der Waals surface area (Å²) in [5.74, 6) is -2.22. The van der Waals surface area contributed by atoms with Crippen LogP contribution in [0.25, 0.3) is 0 Å². The smallest absolute Gasteiger partial charge is 0.231 e. The van der Waals surface area contributed by atoms with Crippen LogP contribution in [-0.4, -0.2) is 16.8 Å². The van der Waals surface area contributed by atoms with Crippen LogP contribution in [0, 0.1) is 18.8 Å². The number of ketones is 1. The van der Waals surface area contributed by atoms with E-state index in [1.165, 1.54) is 0 Å². The van der Waals surface area contributed by atoms with Gasteiger partial charge in [0, 0.05) is 17.4 Å². The van der Waals surface area contributed by atoms with E-state index in [1.807, 2.05) is 61.5 Å². The molecule has 150 valence electrons. The molecule has 4 atom stereocenters. The third-order valence-electron chi connectivity index (χ3n) is 6.68. The molecule has 0 radical (unpaired) electrons. The fourth-order valence-electron chi connectivity index (χ4n) is 5.23. The van der Waals surface area contributed by atoms with E-state index in [0.717, 1.165) is 11.1 Å². The Morgan fingerprint density at radius 1 is 0.900 bits per heavy atom. The first-order valence-corrected chi connectivity index (χ1v) is 10.3. The highest BCUT2D eigenvalue weighted by molar-refractivity contribution is 6.12. The number of aryl methyl sites for hydroxylation is 1. The molecule has 0 saturated heterocycles. The number of amides is 1. The molecular weight excluding hydrogens is 374 g/mol. The van der Waals surface area contributed by atoms with E-state index >= 15 is 0 Å². The highest BCUT2D eigenvalue weighted by Gasteiger charge is 2.61. The molecule has 3 aromatic rings. The molecule has 30 heavy (non-hydrogen) atoms. The van der Waals surface area contributed by atoms with Crippen molar-refractivity contribution in [1.29, 1.82) is 0 Å². The standard InChI is InChI=1S/C26H23NO3/c1-16-11-13-18(14-12-16)26(30)21(17-7-3-2-4-8-17)15-20-23(26)25(29)27-22-10-6-5-9-19(22)24(20)28/h2-14,20-21,23,30H,15H2,1H3,(H,27,29)/t20-,21+,23-,26-/m1/s1. The summed E-state index contributed by atoms with van der Waals surface area (Å²) in [6, 6.07) is 24.4. The van der Waals surface area contributed by atoms with Crippen LogP contribution in [0.15, 0.2) is 78.9 Å². The first-order valence-electron chi connectivity index (χ1n) is 10.3. The molecule has 1 aliphatic heterocycles. The van der Waals surface area contributed by atoms with Gasteiger partial charge < -0.3 is 10.4 Å².